The third-order valence-electron chi connectivity index (χ3n) is 2.03. The van der Waals surface area contributed by atoms with Crippen LogP contribution in [-0.4, -0.2) is 47.9 Å². The molecule has 0 saturated carbocycles. The Kier molecular flexibility index (Phi) is 4.10. The van der Waals surface area contributed by atoms with Gasteiger partial charge in [0.15, 0.2) is 6.20 Å². The summed E-state index contributed by atoms with van der Waals surface area (Å²) < 4.78 is 24.6. The maximum Gasteiger partial charge on any atom is 0.363 e. The van der Waals surface area contributed by atoms with Crippen LogP contribution in [0.5, 0.6) is 0 Å². The lowest BCUT2D eigenvalue weighted by Crippen LogP contribution is -2.29. The first-order chi connectivity index (χ1) is 7.89. The summed E-state index contributed by atoms with van der Waals surface area (Å²) in [6, 6.07) is 2.12. The van der Waals surface area contributed by atoms with Crippen LogP contribution in [0.2, 0.25) is 0 Å². The highest BCUT2D eigenvalue weighted by molar-refractivity contribution is 7.89. The topological polar surface area (TPSA) is 114 Å². The standard InChI is InChI=1S/C8H11N3O5S/c1-10(4-5-12)17(15,16)7-2-3-8(9-6-7)11(13)14/h2-3,6,12H,4-5H2,1H3. The first-order valence-corrected chi connectivity index (χ1v) is 6.01. The van der Waals surface area contributed by atoms with Gasteiger partial charge in [-0.3, -0.25) is 0 Å². The third-order valence-corrected chi connectivity index (χ3v) is 3.87. The van der Waals surface area contributed by atoms with Crippen molar-refractivity contribution < 1.29 is 18.4 Å². The number of aliphatic hydroxyl groups excluding tert-OH is 1. The number of likely N-dealkylation sites (N-methyl/N-ethyl adjacent to an activating group) is 1. The molecule has 0 bridgehead atoms. The van der Waals surface area contributed by atoms with Crippen LogP contribution in [0.1, 0.15) is 0 Å². The van der Waals surface area contributed by atoms with Gasteiger partial charge < -0.3 is 15.2 Å². The lowest BCUT2D eigenvalue weighted by atomic mass is 10.5. The minimum absolute atomic E-state index is 0.0562. The van der Waals surface area contributed by atoms with Gasteiger partial charge in [0, 0.05) is 19.7 Å². The van der Waals surface area contributed by atoms with Gasteiger partial charge in [-0.2, -0.15) is 4.31 Å². The third kappa shape index (κ3) is 2.96. The van der Waals surface area contributed by atoms with Crippen molar-refractivity contribution in [1.29, 1.82) is 0 Å². The van der Waals surface area contributed by atoms with Crippen molar-refractivity contribution >= 4 is 15.8 Å². The normalized spacial score (nSPS) is 11.7. The van der Waals surface area contributed by atoms with Crippen molar-refractivity contribution in [2.24, 2.45) is 0 Å². The van der Waals surface area contributed by atoms with Crippen molar-refractivity contribution in [1.82, 2.24) is 9.29 Å². The molecule has 17 heavy (non-hydrogen) atoms. The fourth-order valence-corrected chi connectivity index (χ4v) is 2.18. The molecular weight excluding hydrogens is 250 g/mol. The van der Waals surface area contributed by atoms with Gasteiger partial charge >= 0.3 is 5.82 Å². The van der Waals surface area contributed by atoms with E-state index in [0.29, 0.717) is 0 Å². The summed E-state index contributed by atoms with van der Waals surface area (Å²) in [6.45, 7) is -0.366. The predicted octanol–water partition coefficient (Wildman–Crippen LogP) is -0.397. The van der Waals surface area contributed by atoms with E-state index in [4.69, 9.17) is 5.11 Å². The average molecular weight is 261 g/mol. The van der Waals surface area contributed by atoms with E-state index >= 15 is 0 Å². The molecule has 1 N–H and O–H groups in total. The van der Waals surface area contributed by atoms with E-state index in [1.54, 1.807) is 0 Å². The van der Waals surface area contributed by atoms with E-state index in [2.05, 4.69) is 4.98 Å². The maximum absolute atomic E-state index is 11.8. The van der Waals surface area contributed by atoms with Crippen LogP contribution in [0, 0.1) is 10.1 Å². The van der Waals surface area contributed by atoms with Crippen LogP contribution in [0.4, 0.5) is 5.82 Å². The fraction of sp³-hybridized carbons (Fsp3) is 0.375. The van der Waals surface area contributed by atoms with Gasteiger partial charge in [-0.1, -0.05) is 0 Å². The molecule has 8 nitrogen and oxygen atoms in total. The second kappa shape index (κ2) is 5.17. The van der Waals surface area contributed by atoms with Crippen molar-refractivity contribution in [2.45, 2.75) is 4.90 Å². The summed E-state index contributed by atoms with van der Waals surface area (Å²) in [5.74, 6) is -0.422. The Bertz CT molecular complexity index is 498. The van der Waals surface area contributed by atoms with Crippen molar-refractivity contribution in [3.8, 4) is 0 Å². The summed E-state index contributed by atoms with van der Waals surface area (Å²) in [7, 11) is -2.46. The molecule has 0 fully saturated rings. The first kappa shape index (κ1) is 13.5. The molecule has 1 rings (SSSR count). The lowest BCUT2D eigenvalue weighted by molar-refractivity contribution is -0.389. The minimum Gasteiger partial charge on any atom is -0.395 e. The highest BCUT2D eigenvalue weighted by Crippen LogP contribution is 2.15. The molecule has 9 heteroatoms. The van der Waals surface area contributed by atoms with E-state index in [0.717, 1.165) is 22.6 Å². The van der Waals surface area contributed by atoms with Gasteiger partial charge in [0.2, 0.25) is 10.0 Å². The molecule has 0 spiro atoms. The Morgan fingerprint density at radius 1 is 1.53 bits per heavy atom. The minimum atomic E-state index is -3.76. The summed E-state index contributed by atoms with van der Waals surface area (Å²) in [4.78, 5) is 12.9. The summed E-state index contributed by atoms with van der Waals surface area (Å²) in [5.41, 5.74) is 0. The molecule has 0 aliphatic carbocycles. The predicted molar refractivity (Wildman–Crippen MR) is 57.8 cm³/mol. The van der Waals surface area contributed by atoms with Crippen LogP contribution in [0.3, 0.4) is 0 Å². The SMILES string of the molecule is CN(CCO)S(=O)(=O)c1ccc([N+](=O)[O-])nc1. The largest absolute Gasteiger partial charge is 0.395 e. The molecule has 0 unspecified atom stereocenters. The number of sulfonamides is 1. The smallest absolute Gasteiger partial charge is 0.363 e. The van der Waals surface area contributed by atoms with Crippen LogP contribution >= 0.6 is 0 Å². The van der Waals surface area contributed by atoms with Gasteiger partial charge in [-0.05, 0) is 16.0 Å². The van der Waals surface area contributed by atoms with Crippen molar-refractivity contribution in [3.05, 3.63) is 28.4 Å². The maximum atomic E-state index is 11.8. The van der Waals surface area contributed by atoms with E-state index in [1.807, 2.05) is 0 Å². The number of aliphatic hydroxyl groups is 1. The Balaban J connectivity index is 3.04. The zero-order valence-electron chi connectivity index (χ0n) is 8.98. The Morgan fingerprint density at radius 3 is 2.59 bits per heavy atom. The quantitative estimate of drug-likeness (QED) is 0.570. The number of hydrogen-bond donors (Lipinski definition) is 1. The van der Waals surface area contributed by atoms with Crippen molar-refractivity contribution in [3.63, 3.8) is 0 Å². The number of rotatable bonds is 5. The number of pyridine rings is 1. The van der Waals surface area contributed by atoms with Gasteiger partial charge in [0.05, 0.1) is 6.61 Å². The van der Waals surface area contributed by atoms with Gasteiger partial charge in [-0.25, -0.2) is 8.42 Å². The Labute approximate surface area is 97.7 Å². The molecule has 1 aromatic heterocycles. The average Bonchev–Trinajstić information content (AvgIpc) is 2.29. The molecule has 1 aromatic rings. The lowest BCUT2D eigenvalue weighted by Gasteiger charge is -2.14. The monoisotopic (exact) mass is 261 g/mol. The number of aromatic nitrogens is 1. The number of hydrogen-bond acceptors (Lipinski definition) is 6. The second-order valence-electron chi connectivity index (χ2n) is 3.16. The molecule has 0 atom stereocenters. The molecule has 0 radical (unpaired) electrons. The van der Waals surface area contributed by atoms with E-state index in [-0.39, 0.29) is 18.0 Å². The summed E-state index contributed by atoms with van der Waals surface area (Å²) in [5, 5.41) is 19.0. The summed E-state index contributed by atoms with van der Waals surface area (Å²) in [6.07, 6.45) is 0.918. The highest BCUT2D eigenvalue weighted by atomic mass is 32.2. The Morgan fingerprint density at radius 2 is 2.18 bits per heavy atom. The van der Waals surface area contributed by atoms with E-state index in [1.165, 1.54) is 7.05 Å². The molecule has 1 heterocycles. The van der Waals surface area contributed by atoms with Crippen LogP contribution < -0.4 is 0 Å². The molecule has 0 aliphatic heterocycles. The number of nitrogens with zero attached hydrogens (tertiary/aromatic N) is 3. The zero-order chi connectivity index (χ0) is 13.1. The zero-order valence-corrected chi connectivity index (χ0v) is 9.79. The highest BCUT2D eigenvalue weighted by Gasteiger charge is 2.22. The van der Waals surface area contributed by atoms with E-state index in [9.17, 15) is 18.5 Å². The molecule has 0 aromatic carbocycles. The van der Waals surface area contributed by atoms with Gasteiger partial charge in [0.25, 0.3) is 0 Å². The first-order valence-electron chi connectivity index (χ1n) is 4.57. The van der Waals surface area contributed by atoms with Crippen LogP contribution in [0.25, 0.3) is 0 Å². The number of nitro groups is 1. The Hall–Kier alpha value is -1.58. The van der Waals surface area contributed by atoms with Crippen LogP contribution in [-0.2, 0) is 10.0 Å². The fourth-order valence-electron chi connectivity index (χ4n) is 1.07. The van der Waals surface area contributed by atoms with E-state index < -0.39 is 20.8 Å². The summed E-state index contributed by atoms with van der Waals surface area (Å²) >= 11 is 0. The van der Waals surface area contributed by atoms with Crippen LogP contribution in [0.15, 0.2) is 23.2 Å². The second-order valence-corrected chi connectivity index (χ2v) is 5.20. The van der Waals surface area contributed by atoms with Gasteiger partial charge in [-0.15, -0.1) is 0 Å². The molecule has 94 valence electrons. The molecule has 0 amide bonds. The molecule has 0 aliphatic rings. The molecular formula is C8H11N3O5S. The molecule has 0 saturated heterocycles. The van der Waals surface area contributed by atoms with Gasteiger partial charge in [0.1, 0.15) is 4.90 Å². The van der Waals surface area contributed by atoms with Crippen molar-refractivity contribution in [2.75, 3.05) is 20.2 Å².